The Bertz CT molecular complexity index is 301. The molecule has 1 aliphatic rings. The van der Waals surface area contributed by atoms with E-state index in [1.807, 2.05) is 0 Å². The van der Waals surface area contributed by atoms with E-state index in [4.69, 9.17) is 15.2 Å². The summed E-state index contributed by atoms with van der Waals surface area (Å²) in [4.78, 5) is 13.6. The van der Waals surface area contributed by atoms with Crippen molar-refractivity contribution >= 4 is 5.97 Å². The molecule has 1 rings (SSSR count). The van der Waals surface area contributed by atoms with Crippen LogP contribution in [0, 0.1) is 0 Å². The van der Waals surface area contributed by atoms with Gasteiger partial charge < -0.3 is 20.3 Å². The molecule has 0 saturated heterocycles. The lowest BCUT2D eigenvalue weighted by Crippen LogP contribution is -2.56. The van der Waals surface area contributed by atoms with Crippen molar-refractivity contribution < 1.29 is 19.4 Å². The topological polar surface area (TPSA) is 85.0 Å². The molecular formula is C14H28N2O4. The Morgan fingerprint density at radius 2 is 2.05 bits per heavy atom. The molecule has 0 aromatic carbocycles. The third-order valence-corrected chi connectivity index (χ3v) is 4.08. The Morgan fingerprint density at radius 1 is 1.35 bits per heavy atom. The van der Waals surface area contributed by atoms with Gasteiger partial charge in [0.1, 0.15) is 5.54 Å². The molecule has 0 aromatic rings. The number of aliphatic carboxylic acids is 1. The summed E-state index contributed by atoms with van der Waals surface area (Å²) >= 11 is 0. The molecule has 1 aliphatic carbocycles. The Balaban J connectivity index is 2.61. The fourth-order valence-electron chi connectivity index (χ4n) is 2.88. The number of carbonyl (C=O) groups is 1. The zero-order chi connectivity index (χ0) is 15.0. The molecule has 20 heavy (non-hydrogen) atoms. The minimum atomic E-state index is -1.07. The predicted molar refractivity (Wildman–Crippen MR) is 76.8 cm³/mol. The molecule has 2 atom stereocenters. The van der Waals surface area contributed by atoms with Gasteiger partial charge >= 0.3 is 5.97 Å². The molecule has 0 spiro atoms. The van der Waals surface area contributed by atoms with Crippen molar-refractivity contribution in [2.45, 2.75) is 43.7 Å². The summed E-state index contributed by atoms with van der Waals surface area (Å²) < 4.78 is 10.2. The van der Waals surface area contributed by atoms with Crippen LogP contribution >= 0.6 is 0 Å². The minimum absolute atomic E-state index is 0.219. The van der Waals surface area contributed by atoms with Crippen LogP contribution in [0.2, 0.25) is 0 Å². The number of carboxylic acid groups (broad SMARTS) is 1. The van der Waals surface area contributed by atoms with Gasteiger partial charge in [0.15, 0.2) is 0 Å². The smallest absolute Gasteiger partial charge is 0.323 e. The summed E-state index contributed by atoms with van der Waals surface area (Å²) in [7, 11) is 3.37. The van der Waals surface area contributed by atoms with Crippen LogP contribution < -0.4 is 5.73 Å². The summed E-state index contributed by atoms with van der Waals surface area (Å²) in [6.07, 6.45) is 3.87. The van der Waals surface area contributed by atoms with E-state index in [0.717, 1.165) is 32.4 Å². The van der Waals surface area contributed by atoms with Gasteiger partial charge in [-0.05, 0) is 32.1 Å². The first-order chi connectivity index (χ1) is 9.53. The van der Waals surface area contributed by atoms with E-state index in [1.165, 1.54) is 0 Å². The third-order valence-electron chi connectivity index (χ3n) is 4.08. The highest BCUT2D eigenvalue weighted by Crippen LogP contribution is 2.29. The highest BCUT2D eigenvalue weighted by Gasteiger charge is 2.40. The van der Waals surface area contributed by atoms with E-state index in [9.17, 15) is 9.90 Å². The first-order valence-corrected chi connectivity index (χ1v) is 7.27. The maximum absolute atomic E-state index is 11.3. The molecule has 0 aromatic heterocycles. The summed E-state index contributed by atoms with van der Waals surface area (Å²) in [6, 6.07) is 0.219. The monoisotopic (exact) mass is 288 g/mol. The van der Waals surface area contributed by atoms with E-state index < -0.39 is 11.5 Å². The zero-order valence-corrected chi connectivity index (χ0v) is 12.6. The van der Waals surface area contributed by atoms with Gasteiger partial charge in [0, 0.05) is 40.0 Å². The largest absolute Gasteiger partial charge is 0.480 e. The van der Waals surface area contributed by atoms with Crippen LogP contribution in [0.3, 0.4) is 0 Å². The van der Waals surface area contributed by atoms with Crippen molar-refractivity contribution in [3.63, 3.8) is 0 Å². The average Bonchev–Trinajstić information content (AvgIpc) is 2.42. The van der Waals surface area contributed by atoms with Crippen LogP contribution in [0.25, 0.3) is 0 Å². The Labute approximate surface area is 121 Å². The van der Waals surface area contributed by atoms with E-state index in [-0.39, 0.29) is 6.04 Å². The van der Waals surface area contributed by atoms with Gasteiger partial charge in [-0.2, -0.15) is 0 Å². The van der Waals surface area contributed by atoms with E-state index in [1.54, 1.807) is 14.2 Å². The van der Waals surface area contributed by atoms with Gasteiger partial charge in [-0.3, -0.25) is 9.69 Å². The highest BCUT2D eigenvalue weighted by atomic mass is 16.5. The third kappa shape index (κ3) is 5.01. The molecule has 0 amide bonds. The Hall–Kier alpha value is -0.690. The quantitative estimate of drug-likeness (QED) is 0.607. The van der Waals surface area contributed by atoms with Crippen LogP contribution in [0.4, 0.5) is 0 Å². The summed E-state index contributed by atoms with van der Waals surface area (Å²) in [5.41, 5.74) is 4.96. The predicted octanol–water partition coefficient (Wildman–Crippen LogP) is 0.696. The average molecular weight is 288 g/mol. The Kier molecular flexibility index (Phi) is 7.43. The lowest BCUT2D eigenvalue weighted by molar-refractivity contribution is -0.145. The first-order valence-electron chi connectivity index (χ1n) is 7.27. The number of nitrogens with zero attached hydrogens (tertiary/aromatic N) is 1. The number of nitrogens with two attached hydrogens (primary N) is 1. The molecule has 3 N–H and O–H groups in total. The van der Waals surface area contributed by atoms with Crippen LogP contribution in [-0.2, 0) is 14.3 Å². The summed E-state index contributed by atoms with van der Waals surface area (Å²) in [5, 5.41) is 9.30. The fourth-order valence-corrected chi connectivity index (χ4v) is 2.88. The van der Waals surface area contributed by atoms with Gasteiger partial charge in [-0.15, -0.1) is 0 Å². The molecule has 2 unspecified atom stereocenters. The zero-order valence-electron chi connectivity index (χ0n) is 12.6. The molecule has 0 aliphatic heterocycles. The van der Waals surface area contributed by atoms with Crippen molar-refractivity contribution in [3.8, 4) is 0 Å². The molecule has 0 radical (unpaired) electrons. The fraction of sp³-hybridized carbons (Fsp3) is 0.929. The van der Waals surface area contributed by atoms with Crippen LogP contribution in [0.1, 0.15) is 32.1 Å². The number of rotatable bonds is 9. The number of ether oxygens (including phenoxy) is 2. The summed E-state index contributed by atoms with van der Waals surface area (Å²) in [6.45, 7) is 3.05. The summed E-state index contributed by atoms with van der Waals surface area (Å²) in [5.74, 6) is -0.884. The number of methoxy groups -OCH3 is 2. The minimum Gasteiger partial charge on any atom is -0.480 e. The highest BCUT2D eigenvalue weighted by molar-refractivity contribution is 5.78. The SMILES string of the molecule is COCCCN(CCOC)C1CCCC(N)(C(=O)O)C1. The maximum atomic E-state index is 11.3. The number of carboxylic acids is 1. The van der Waals surface area contributed by atoms with Gasteiger partial charge in [0.2, 0.25) is 0 Å². The standard InChI is InChI=1S/C14H28N2O4/c1-19-9-4-7-16(8-10-20-2)12-5-3-6-14(15,11-12)13(17)18/h12H,3-11,15H2,1-2H3,(H,17,18). The molecule has 0 bridgehead atoms. The molecule has 1 saturated carbocycles. The second-order valence-electron chi connectivity index (χ2n) is 5.59. The number of hydrogen-bond acceptors (Lipinski definition) is 5. The van der Waals surface area contributed by atoms with Gasteiger partial charge in [0.05, 0.1) is 6.61 Å². The van der Waals surface area contributed by atoms with Gasteiger partial charge in [-0.25, -0.2) is 0 Å². The normalized spacial score (nSPS) is 26.9. The van der Waals surface area contributed by atoms with Crippen molar-refractivity contribution in [2.24, 2.45) is 5.73 Å². The van der Waals surface area contributed by atoms with Crippen LogP contribution in [-0.4, -0.2) is 68.1 Å². The van der Waals surface area contributed by atoms with Crippen molar-refractivity contribution in [2.75, 3.05) is 40.5 Å². The van der Waals surface area contributed by atoms with Crippen molar-refractivity contribution in [1.82, 2.24) is 4.90 Å². The molecule has 0 heterocycles. The van der Waals surface area contributed by atoms with Gasteiger partial charge in [-0.1, -0.05) is 0 Å². The van der Waals surface area contributed by atoms with Crippen molar-refractivity contribution in [3.05, 3.63) is 0 Å². The second-order valence-corrected chi connectivity index (χ2v) is 5.59. The Morgan fingerprint density at radius 3 is 2.65 bits per heavy atom. The maximum Gasteiger partial charge on any atom is 0.323 e. The molecule has 6 heteroatoms. The van der Waals surface area contributed by atoms with Gasteiger partial charge in [0.25, 0.3) is 0 Å². The van der Waals surface area contributed by atoms with Crippen molar-refractivity contribution in [1.29, 1.82) is 0 Å². The lowest BCUT2D eigenvalue weighted by Gasteiger charge is -2.40. The van der Waals surface area contributed by atoms with E-state index >= 15 is 0 Å². The van der Waals surface area contributed by atoms with E-state index in [2.05, 4.69) is 4.90 Å². The number of hydrogen-bond donors (Lipinski definition) is 2. The molecule has 1 fully saturated rings. The lowest BCUT2D eigenvalue weighted by atomic mass is 9.79. The van der Waals surface area contributed by atoms with E-state index in [0.29, 0.717) is 26.1 Å². The first kappa shape index (κ1) is 17.4. The molecule has 118 valence electrons. The van der Waals surface area contributed by atoms with Crippen LogP contribution in [0.15, 0.2) is 0 Å². The molecule has 6 nitrogen and oxygen atoms in total. The second kappa shape index (κ2) is 8.56. The van der Waals surface area contributed by atoms with Crippen LogP contribution in [0.5, 0.6) is 0 Å². The molecular weight excluding hydrogens is 260 g/mol.